The fourth-order valence-corrected chi connectivity index (χ4v) is 3.37. The maximum atomic E-state index is 13.1. The lowest BCUT2D eigenvalue weighted by molar-refractivity contribution is 0.0520. The molecule has 0 fully saturated rings. The van der Waals surface area contributed by atoms with Gasteiger partial charge in [-0.15, -0.1) is 11.3 Å². The summed E-state index contributed by atoms with van der Waals surface area (Å²) in [6.45, 7) is 5.98. The topological polar surface area (TPSA) is 78.0 Å². The highest BCUT2D eigenvalue weighted by Crippen LogP contribution is 2.21. The van der Waals surface area contributed by atoms with Gasteiger partial charge in [0.05, 0.1) is 25.8 Å². The van der Waals surface area contributed by atoms with Crippen molar-refractivity contribution in [3.8, 4) is 5.75 Å². The Morgan fingerprint density at radius 1 is 1.18 bits per heavy atom. The van der Waals surface area contributed by atoms with Crippen LogP contribution in [0.25, 0.3) is 0 Å². The fourth-order valence-electron chi connectivity index (χ4n) is 2.59. The third-order valence-electron chi connectivity index (χ3n) is 3.91. The first-order valence-corrected chi connectivity index (χ1v) is 10.1. The van der Waals surface area contributed by atoms with E-state index in [0.717, 1.165) is 0 Å². The van der Waals surface area contributed by atoms with Gasteiger partial charge in [0.25, 0.3) is 5.91 Å². The second kappa shape index (κ2) is 11.4. The van der Waals surface area contributed by atoms with Crippen molar-refractivity contribution in [3.05, 3.63) is 45.9 Å². The van der Waals surface area contributed by atoms with Crippen molar-refractivity contribution in [2.75, 3.05) is 33.5 Å². The molecule has 1 amide bonds. The van der Waals surface area contributed by atoms with Crippen LogP contribution >= 0.6 is 11.3 Å². The van der Waals surface area contributed by atoms with Crippen molar-refractivity contribution in [3.63, 3.8) is 0 Å². The van der Waals surface area contributed by atoms with Crippen LogP contribution in [-0.2, 0) is 16.0 Å². The zero-order chi connectivity index (χ0) is 20.4. The molecule has 1 heterocycles. The van der Waals surface area contributed by atoms with Gasteiger partial charge in [0.1, 0.15) is 10.8 Å². The minimum absolute atomic E-state index is 0.151. The van der Waals surface area contributed by atoms with E-state index in [2.05, 4.69) is 4.98 Å². The third kappa shape index (κ3) is 6.03. The molecule has 152 valence electrons. The van der Waals surface area contributed by atoms with Crippen molar-refractivity contribution in [2.24, 2.45) is 0 Å². The van der Waals surface area contributed by atoms with Crippen LogP contribution in [0.4, 0.5) is 0 Å². The van der Waals surface area contributed by atoms with E-state index in [1.54, 1.807) is 35.4 Å². The molecule has 0 N–H and O–H groups in total. The Morgan fingerprint density at radius 2 is 1.96 bits per heavy atom. The number of para-hydroxylation sites is 1. The number of methoxy groups -OCH3 is 1. The number of carbonyl (C=O) groups excluding carboxylic acids is 2. The molecule has 0 radical (unpaired) electrons. The van der Waals surface area contributed by atoms with Gasteiger partial charge in [-0.05, 0) is 32.4 Å². The number of amides is 1. The Labute approximate surface area is 169 Å². The predicted molar refractivity (Wildman–Crippen MR) is 107 cm³/mol. The second-order valence-corrected chi connectivity index (χ2v) is 6.77. The first kappa shape index (κ1) is 21.8. The fraction of sp³-hybridized carbons (Fsp3) is 0.450. The van der Waals surface area contributed by atoms with Crippen LogP contribution in [0.1, 0.15) is 46.1 Å². The summed E-state index contributed by atoms with van der Waals surface area (Å²) in [5.41, 5.74) is 0.754. The average Bonchev–Trinajstić information content (AvgIpc) is 3.18. The van der Waals surface area contributed by atoms with E-state index in [9.17, 15) is 9.59 Å². The van der Waals surface area contributed by atoms with Gasteiger partial charge in [0, 0.05) is 25.1 Å². The van der Waals surface area contributed by atoms with Crippen molar-refractivity contribution in [1.29, 1.82) is 0 Å². The van der Waals surface area contributed by atoms with Gasteiger partial charge >= 0.3 is 5.97 Å². The highest BCUT2D eigenvalue weighted by Gasteiger charge is 2.21. The molecule has 0 aliphatic heterocycles. The molecule has 0 spiro atoms. The zero-order valence-corrected chi connectivity index (χ0v) is 17.3. The van der Waals surface area contributed by atoms with Gasteiger partial charge in [0.2, 0.25) is 0 Å². The van der Waals surface area contributed by atoms with Crippen LogP contribution in [0, 0.1) is 0 Å². The monoisotopic (exact) mass is 406 g/mol. The Morgan fingerprint density at radius 3 is 2.68 bits per heavy atom. The van der Waals surface area contributed by atoms with Gasteiger partial charge < -0.3 is 19.1 Å². The summed E-state index contributed by atoms with van der Waals surface area (Å²) < 4.78 is 15.7. The molecule has 7 nitrogen and oxygen atoms in total. The van der Waals surface area contributed by atoms with Crippen molar-refractivity contribution < 1.29 is 23.8 Å². The summed E-state index contributed by atoms with van der Waals surface area (Å²) in [4.78, 5) is 31.0. The van der Waals surface area contributed by atoms with Gasteiger partial charge in [-0.1, -0.05) is 12.1 Å². The normalized spacial score (nSPS) is 10.5. The molecule has 1 aromatic heterocycles. The molecular formula is C20H26N2O5S. The van der Waals surface area contributed by atoms with Gasteiger partial charge in [0.15, 0.2) is 5.69 Å². The molecule has 0 unspecified atom stereocenters. The van der Waals surface area contributed by atoms with E-state index in [0.29, 0.717) is 55.7 Å². The number of rotatable bonds is 11. The van der Waals surface area contributed by atoms with Crippen LogP contribution in [0.15, 0.2) is 29.6 Å². The number of esters is 1. The average molecular weight is 407 g/mol. The molecular weight excluding hydrogens is 380 g/mol. The SMILES string of the molecule is CCOCCCN(Cc1nc(C(=O)OCC)cs1)C(=O)c1ccccc1OC. The van der Waals surface area contributed by atoms with E-state index < -0.39 is 5.97 Å². The molecule has 0 aliphatic rings. The van der Waals surface area contributed by atoms with E-state index in [1.165, 1.54) is 18.4 Å². The molecule has 0 atom stereocenters. The van der Waals surface area contributed by atoms with E-state index in [-0.39, 0.29) is 11.6 Å². The number of hydrogen-bond donors (Lipinski definition) is 0. The largest absolute Gasteiger partial charge is 0.496 e. The Bertz CT molecular complexity index is 777. The van der Waals surface area contributed by atoms with Crippen LogP contribution < -0.4 is 4.74 Å². The summed E-state index contributed by atoms with van der Waals surface area (Å²) in [6, 6.07) is 7.12. The number of nitrogens with zero attached hydrogens (tertiary/aromatic N) is 2. The summed E-state index contributed by atoms with van der Waals surface area (Å²) >= 11 is 1.33. The molecule has 1 aromatic carbocycles. The predicted octanol–water partition coefficient (Wildman–Crippen LogP) is 3.40. The minimum Gasteiger partial charge on any atom is -0.496 e. The van der Waals surface area contributed by atoms with Crippen molar-refractivity contribution in [2.45, 2.75) is 26.8 Å². The maximum absolute atomic E-state index is 13.1. The Kier molecular flexibility index (Phi) is 8.90. The van der Waals surface area contributed by atoms with Gasteiger partial charge in [-0.3, -0.25) is 4.79 Å². The number of thiazole rings is 1. The first-order chi connectivity index (χ1) is 13.6. The number of hydrogen-bond acceptors (Lipinski definition) is 7. The van der Waals surface area contributed by atoms with E-state index in [1.807, 2.05) is 13.0 Å². The molecule has 0 aliphatic carbocycles. The lowest BCUT2D eigenvalue weighted by atomic mass is 10.1. The van der Waals surface area contributed by atoms with E-state index in [4.69, 9.17) is 14.2 Å². The third-order valence-corrected chi connectivity index (χ3v) is 4.74. The minimum atomic E-state index is -0.455. The molecule has 0 saturated carbocycles. The van der Waals surface area contributed by atoms with Crippen LogP contribution in [-0.4, -0.2) is 55.2 Å². The van der Waals surface area contributed by atoms with Crippen molar-refractivity contribution >= 4 is 23.2 Å². The lowest BCUT2D eigenvalue weighted by Crippen LogP contribution is -2.32. The number of benzene rings is 1. The Hall–Kier alpha value is -2.45. The highest BCUT2D eigenvalue weighted by atomic mass is 32.1. The van der Waals surface area contributed by atoms with Gasteiger partial charge in [-0.25, -0.2) is 9.78 Å². The summed E-state index contributed by atoms with van der Waals surface area (Å²) in [6.07, 6.45) is 0.699. The smallest absolute Gasteiger partial charge is 0.357 e. The number of ether oxygens (including phenoxy) is 3. The lowest BCUT2D eigenvalue weighted by Gasteiger charge is -2.22. The quantitative estimate of drug-likeness (QED) is 0.420. The molecule has 8 heteroatoms. The number of aromatic nitrogens is 1. The molecule has 2 aromatic rings. The summed E-state index contributed by atoms with van der Waals surface area (Å²) in [5.74, 6) is -0.0838. The van der Waals surface area contributed by atoms with Crippen LogP contribution in [0.3, 0.4) is 0 Å². The standard InChI is InChI=1S/C20H26N2O5S/c1-4-26-12-8-11-22(19(23)15-9-6-7-10-17(15)25-3)13-18-21-16(14-28-18)20(24)27-5-2/h6-7,9-10,14H,4-5,8,11-13H2,1-3H3. The van der Waals surface area contributed by atoms with Crippen molar-refractivity contribution in [1.82, 2.24) is 9.88 Å². The van der Waals surface area contributed by atoms with E-state index >= 15 is 0 Å². The second-order valence-electron chi connectivity index (χ2n) is 5.82. The molecule has 0 bridgehead atoms. The zero-order valence-electron chi connectivity index (χ0n) is 16.5. The maximum Gasteiger partial charge on any atom is 0.357 e. The first-order valence-electron chi connectivity index (χ1n) is 9.22. The summed E-state index contributed by atoms with van der Waals surface area (Å²) in [5, 5.41) is 2.32. The number of carbonyl (C=O) groups is 2. The molecule has 0 saturated heterocycles. The Balaban J connectivity index is 2.17. The molecule has 28 heavy (non-hydrogen) atoms. The molecule has 2 rings (SSSR count). The highest BCUT2D eigenvalue weighted by molar-refractivity contribution is 7.09. The van der Waals surface area contributed by atoms with Gasteiger partial charge in [-0.2, -0.15) is 0 Å². The summed E-state index contributed by atoms with van der Waals surface area (Å²) in [7, 11) is 1.54. The van der Waals surface area contributed by atoms with Crippen LogP contribution in [0.5, 0.6) is 5.75 Å². The van der Waals surface area contributed by atoms with Crippen LogP contribution in [0.2, 0.25) is 0 Å².